The van der Waals surface area contributed by atoms with Crippen molar-refractivity contribution in [1.82, 2.24) is 5.32 Å². The lowest BCUT2D eigenvalue weighted by atomic mass is 10.2. The molecule has 1 saturated heterocycles. The highest BCUT2D eigenvalue weighted by Crippen LogP contribution is 2.31. The zero-order valence-corrected chi connectivity index (χ0v) is 11.8. The standard InChI is InChI=1S/C14H19BrN2/c1-10-2-5-13(15)14(8-10)17-7-6-12(9-17)16-11-3-4-11/h2,5,8,11-12,16H,3-4,6-7,9H2,1H3. The molecule has 1 heterocycles. The van der Waals surface area contributed by atoms with Crippen LogP contribution in [-0.4, -0.2) is 25.2 Å². The number of rotatable bonds is 3. The van der Waals surface area contributed by atoms with E-state index in [-0.39, 0.29) is 0 Å². The maximum atomic E-state index is 3.73. The molecule has 2 nitrogen and oxygen atoms in total. The Labute approximate surface area is 112 Å². The molecular formula is C14H19BrN2. The molecule has 0 radical (unpaired) electrons. The smallest absolute Gasteiger partial charge is 0.0513 e. The van der Waals surface area contributed by atoms with Gasteiger partial charge in [-0.3, -0.25) is 0 Å². The molecule has 1 saturated carbocycles. The summed E-state index contributed by atoms with van der Waals surface area (Å²) in [5.41, 5.74) is 2.69. The molecule has 1 aliphatic carbocycles. The van der Waals surface area contributed by atoms with E-state index in [2.05, 4.69) is 51.3 Å². The van der Waals surface area contributed by atoms with Crippen molar-refractivity contribution in [2.24, 2.45) is 0 Å². The van der Waals surface area contributed by atoms with Crippen LogP contribution in [0.3, 0.4) is 0 Å². The van der Waals surface area contributed by atoms with Crippen molar-refractivity contribution >= 4 is 21.6 Å². The molecule has 1 aromatic carbocycles. The van der Waals surface area contributed by atoms with Crippen LogP contribution in [-0.2, 0) is 0 Å². The van der Waals surface area contributed by atoms with Crippen molar-refractivity contribution in [3.8, 4) is 0 Å². The summed E-state index contributed by atoms with van der Waals surface area (Å²) in [6, 6.07) is 8.11. The van der Waals surface area contributed by atoms with Gasteiger partial charge in [0.25, 0.3) is 0 Å². The Morgan fingerprint density at radius 2 is 2.06 bits per heavy atom. The number of hydrogen-bond acceptors (Lipinski definition) is 2. The molecule has 17 heavy (non-hydrogen) atoms. The van der Waals surface area contributed by atoms with E-state index in [1.807, 2.05) is 0 Å². The highest BCUT2D eigenvalue weighted by Gasteiger charge is 2.29. The second kappa shape index (κ2) is 4.62. The zero-order chi connectivity index (χ0) is 11.8. The van der Waals surface area contributed by atoms with Gasteiger partial charge in [-0.05, 0) is 59.8 Å². The molecule has 3 heteroatoms. The number of nitrogens with one attached hydrogen (secondary N) is 1. The molecule has 0 bridgehead atoms. The monoisotopic (exact) mass is 294 g/mol. The highest BCUT2D eigenvalue weighted by molar-refractivity contribution is 9.10. The van der Waals surface area contributed by atoms with Gasteiger partial charge in [0.2, 0.25) is 0 Å². The normalized spacial score (nSPS) is 24.4. The van der Waals surface area contributed by atoms with E-state index in [1.54, 1.807) is 0 Å². The van der Waals surface area contributed by atoms with E-state index in [0.717, 1.165) is 12.6 Å². The summed E-state index contributed by atoms with van der Waals surface area (Å²) in [6.45, 7) is 4.48. The molecule has 1 atom stereocenters. The van der Waals surface area contributed by atoms with Crippen molar-refractivity contribution in [2.45, 2.75) is 38.3 Å². The number of nitrogens with zero attached hydrogens (tertiary/aromatic N) is 1. The van der Waals surface area contributed by atoms with Gasteiger partial charge in [-0.15, -0.1) is 0 Å². The number of halogens is 1. The van der Waals surface area contributed by atoms with Crippen LogP contribution in [0.2, 0.25) is 0 Å². The maximum Gasteiger partial charge on any atom is 0.0513 e. The fraction of sp³-hybridized carbons (Fsp3) is 0.571. The molecule has 2 fully saturated rings. The van der Waals surface area contributed by atoms with E-state index in [9.17, 15) is 0 Å². The van der Waals surface area contributed by atoms with E-state index >= 15 is 0 Å². The van der Waals surface area contributed by atoms with Crippen LogP contribution in [0.25, 0.3) is 0 Å². The number of aryl methyl sites for hydroxylation is 1. The zero-order valence-electron chi connectivity index (χ0n) is 10.2. The lowest BCUT2D eigenvalue weighted by molar-refractivity contribution is 0.548. The first-order valence-corrected chi connectivity index (χ1v) is 7.29. The number of hydrogen-bond donors (Lipinski definition) is 1. The van der Waals surface area contributed by atoms with Gasteiger partial charge in [0.15, 0.2) is 0 Å². The topological polar surface area (TPSA) is 15.3 Å². The molecule has 92 valence electrons. The molecule has 1 aromatic rings. The Kier molecular flexibility index (Phi) is 3.14. The molecule has 2 aliphatic rings. The van der Waals surface area contributed by atoms with Crippen molar-refractivity contribution < 1.29 is 0 Å². The lowest BCUT2D eigenvalue weighted by Crippen LogP contribution is -2.34. The fourth-order valence-corrected chi connectivity index (χ4v) is 3.06. The Morgan fingerprint density at radius 1 is 1.24 bits per heavy atom. The summed E-state index contributed by atoms with van der Waals surface area (Å²) < 4.78 is 1.22. The van der Waals surface area contributed by atoms with Crippen molar-refractivity contribution in [2.75, 3.05) is 18.0 Å². The van der Waals surface area contributed by atoms with Crippen LogP contribution in [0.5, 0.6) is 0 Å². The summed E-state index contributed by atoms with van der Waals surface area (Å²) in [4.78, 5) is 2.50. The van der Waals surface area contributed by atoms with Crippen molar-refractivity contribution in [3.05, 3.63) is 28.2 Å². The van der Waals surface area contributed by atoms with E-state index in [1.165, 1.54) is 41.5 Å². The number of anilines is 1. The van der Waals surface area contributed by atoms with Gasteiger partial charge in [-0.1, -0.05) is 6.07 Å². The molecule has 1 unspecified atom stereocenters. The summed E-state index contributed by atoms with van der Waals surface area (Å²) in [7, 11) is 0. The molecule has 1 N–H and O–H groups in total. The first-order valence-electron chi connectivity index (χ1n) is 6.49. The largest absolute Gasteiger partial charge is 0.369 e. The fourth-order valence-electron chi connectivity index (χ4n) is 2.56. The third-order valence-corrected chi connectivity index (χ3v) is 4.35. The first-order chi connectivity index (χ1) is 8.22. The quantitative estimate of drug-likeness (QED) is 0.922. The molecule has 1 aliphatic heterocycles. The van der Waals surface area contributed by atoms with Crippen LogP contribution in [0.1, 0.15) is 24.8 Å². The SMILES string of the molecule is Cc1ccc(Br)c(N2CCC(NC3CC3)C2)c1. The van der Waals surface area contributed by atoms with Crippen LogP contribution < -0.4 is 10.2 Å². The van der Waals surface area contributed by atoms with Gasteiger partial charge >= 0.3 is 0 Å². The molecule has 0 aromatic heterocycles. The van der Waals surface area contributed by atoms with Gasteiger partial charge in [-0.2, -0.15) is 0 Å². The minimum absolute atomic E-state index is 0.690. The van der Waals surface area contributed by atoms with Crippen molar-refractivity contribution in [1.29, 1.82) is 0 Å². The lowest BCUT2D eigenvalue weighted by Gasteiger charge is -2.21. The minimum atomic E-state index is 0.690. The van der Waals surface area contributed by atoms with Gasteiger partial charge in [0, 0.05) is 29.6 Å². The van der Waals surface area contributed by atoms with Crippen LogP contribution >= 0.6 is 15.9 Å². The average molecular weight is 295 g/mol. The number of benzene rings is 1. The van der Waals surface area contributed by atoms with E-state index in [0.29, 0.717) is 6.04 Å². The van der Waals surface area contributed by atoms with Gasteiger partial charge in [-0.25, -0.2) is 0 Å². The second-order valence-electron chi connectivity index (χ2n) is 5.33. The molecule has 3 rings (SSSR count). The molecule has 0 spiro atoms. The van der Waals surface area contributed by atoms with E-state index in [4.69, 9.17) is 0 Å². The average Bonchev–Trinajstić information content (AvgIpc) is 2.99. The van der Waals surface area contributed by atoms with Gasteiger partial charge < -0.3 is 10.2 Å². The maximum absolute atomic E-state index is 3.73. The Bertz CT molecular complexity index is 415. The summed E-state index contributed by atoms with van der Waals surface area (Å²) in [5, 5.41) is 3.73. The van der Waals surface area contributed by atoms with Gasteiger partial charge in [0.05, 0.1) is 5.69 Å². The van der Waals surface area contributed by atoms with Crippen LogP contribution in [0.15, 0.2) is 22.7 Å². The first kappa shape index (κ1) is 11.5. The highest BCUT2D eigenvalue weighted by atomic mass is 79.9. The van der Waals surface area contributed by atoms with Crippen molar-refractivity contribution in [3.63, 3.8) is 0 Å². The third kappa shape index (κ3) is 2.66. The van der Waals surface area contributed by atoms with Crippen LogP contribution in [0, 0.1) is 6.92 Å². The predicted octanol–water partition coefficient (Wildman–Crippen LogP) is 3.09. The van der Waals surface area contributed by atoms with Gasteiger partial charge in [0.1, 0.15) is 0 Å². The third-order valence-electron chi connectivity index (χ3n) is 3.68. The molecule has 0 amide bonds. The Morgan fingerprint density at radius 3 is 2.82 bits per heavy atom. The summed E-state index contributed by atoms with van der Waals surface area (Å²) >= 11 is 3.66. The Hall–Kier alpha value is -0.540. The van der Waals surface area contributed by atoms with E-state index < -0.39 is 0 Å². The minimum Gasteiger partial charge on any atom is -0.369 e. The summed E-state index contributed by atoms with van der Waals surface area (Å²) in [6.07, 6.45) is 4.03. The second-order valence-corrected chi connectivity index (χ2v) is 6.18. The predicted molar refractivity (Wildman–Crippen MR) is 75.7 cm³/mol. The molecular weight excluding hydrogens is 276 g/mol. The van der Waals surface area contributed by atoms with Crippen LogP contribution in [0.4, 0.5) is 5.69 Å². The summed E-state index contributed by atoms with van der Waals surface area (Å²) in [5.74, 6) is 0. The Balaban J connectivity index is 1.69.